The normalized spacial score (nSPS) is 12.9. The molecule has 0 unspecified atom stereocenters. The lowest BCUT2D eigenvalue weighted by Gasteiger charge is -2.41. The first-order chi connectivity index (χ1) is 35.7. The van der Waals surface area contributed by atoms with Crippen LogP contribution in [0.4, 0.5) is 22.0 Å². The Morgan fingerprint density at radius 3 is 1.87 bits per heavy atom. The summed E-state index contributed by atoms with van der Waals surface area (Å²) in [6.07, 6.45) is 2.53. The molecule has 0 radical (unpaired) electrons. The summed E-state index contributed by atoms with van der Waals surface area (Å²) >= 11 is 1.38. The largest absolute Gasteiger partial charge is 0.490 e. The quantitative estimate of drug-likeness (QED) is 0.0294. The smallest absolute Gasteiger partial charge is 0.475 e. The lowest BCUT2D eigenvalue weighted by atomic mass is 9.83. The average molecular weight is 1080 g/mol. The number of aliphatic carboxylic acids is 1. The Morgan fingerprint density at radius 2 is 1.32 bits per heavy atom. The summed E-state index contributed by atoms with van der Waals surface area (Å²) in [5.74, 6) is -4.14. The third-order valence-electron chi connectivity index (χ3n) is 11.1. The Labute approximate surface area is 439 Å². The van der Waals surface area contributed by atoms with E-state index in [0.29, 0.717) is 129 Å². The van der Waals surface area contributed by atoms with E-state index in [1.807, 2.05) is 52.1 Å². The van der Waals surface area contributed by atoms with Crippen LogP contribution in [0.1, 0.15) is 76.6 Å². The number of carboxylic acid groups (broad SMARTS) is 1. The molecule has 75 heavy (non-hydrogen) atoms. The third-order valence-corrected chi connectivity index (χ3v) is 12.0. The highest BCUT2D eigenvalue weighted by Gasteiger charge is 2.39. The molecule has 1 aliphatic heterocycles. The van der Waals surface area contributed by atoms with Crippen LogP contribution in [0.3, 0.4) is 0 Å². The molecule has 0 spiro atoms. The third kappa shape index (κ3) is 24.7. The monoisotopic (exact) mass is 1080 g/mol. The van der Waals surface area contributed by atoms with Gasteiger partial charge in [0, 0.05) is 86.5 Å². The molecule has 5 N–H and O–H groups in total. The number of benzene rings is 2. The summed E-state index contributed by atoms with van der Waals surface area (Å²) in [5, 5.41) is 12.8. The summed E-state index contributed by atoms with van der Waals surface area (Å²) in [6, 6.07) is 14.7. The summed E-state index contributed by atoms with van der Waals surface area (Å²) in [7, 11) is 0. The zero-order valence-electron chi connectivity index (χ0n) is 42.8. The minimum absolute atomic E-state index is 0.0679. The molecule has 0 fully saturated rings. The Balaban J connectivity index is 0.00000197. The molecule has 0 saturated heterocycles. The van der Waals surface area contributed by atoms with Crippen molar-refractivity contribution in [3.63, 3.8) is 0 Å². The number of alkyl halides is 3. The van der Waals surface area contributed by atoms with E-state index in [1.54, 1.807) is 0 Å². The fourth-order valence-electron chi connectivity index (χ4n) is 7.53. The second-order valence-corrected chi connectivity index (χ2v) is 19.2. The van der Waals surface area contributed by atoms with Crippen molar-refractivity contribution in [2.45, 2.75) is 78.1 Å². The van der Waals surface area contributed by atoms with Crippen LogP contribution in [0.25, 0.3) is 11.1 Å². The number of thioether (sulfide) groups is 1. The van der Waals surface area contributed by atoms with Gasteiger partial charge in [-0.05, 0) is 61.1 Å². The fraction of sp³-hybridized carbons (Fsp3) is 0.538. The minimum Gasteiger partial charge on any atom is -0.475 e. The van der Waals surface area contributed by atoms with Crippen molar-refractivity contribution < 1.29 is 74.8 Å². The molecule has 17 nitrogen and oxygen atoms in total. The highest BCUT2D eigenvalue weighted by atomic mass is 32.2. The number of carboxylic acids is 1. The van der Waals surface area contributed by atoms with E-state index in [0.717, 1.165) is 29.8 Å². The van der Waals surface area contributed by atoms with Crippen LogP contribution in [0, 0.1) is 17.0 Å². The van der Waals surface area contributed by atoms with Crippen molar-refractivity contribution in [1.82, 2.24) is 25.0 Å². The number of carbonyl (C=O) groups excluding carboxylic acids is 5. The van der Waals surface area contributed by atoms with Gasteiger partial charge in [0.25, 0.3) is 11.8 Å². The van der Waals surface area contributed by atoms with Crippen LogP contribution in [-0.4, -0.2) is 158 Å². The molecular weight excluding hydrogens is 1010 g/mol. The Kier molecular flexibility index (Phi) is 28.9. The van der Waals surface area contributed by atoms with Crippen molar-refractivity contribution >= 4 is 47.3 Å². The maximum atomic E-state index is 15.1. The number of carbonyl (C=O) groups is 6. The second-order valence-electron chi connectivity index (χ2n) is 18.1. The molecule has 2 heterocycles. The molecule has 2 aromatic carbocycles. The van der Waals surface area contributed by atoms with Gasteiger partial charge in [-0.3, -0.25) is 28.9 Å². The van der Waals surface area contributed by atoms with Crippen molar-refractivity contribution in [2.24, 2.45) is 11.1 Å². The minimum atomic E-state index is -5.08. The second kappa shape index (κ2) is 34.0. The maximum Gasteiger partial charge on any atom is 0.490 e. The molecule has 1 atom stereocenters. The van der Waals surface area contributed by atoms with E-state index in [9.17, 15) is 41.5 Å². The number of aromatic nitrogens is 1. The maximum absolute atomic E-state index is 15.1. The van der Waals surface area contributed by atoms with E-state index < -0.39 is 35.2 Å². The van der Waals surface area contributed by atoms with Crippen molar-refractivity contribution in [1.29, 1.82) is 0 Å². The van der Waals surface area contributed by atoms with Gasteiger partial charge >= 0.3 is 12.1 Å². The van der Waals surface area contributed by atoms with Gasteiger partial charge < -0.3 is 49.9 Å². The molecule has 23 heteroatoms. The van der Waals surface area contributed by atoms with Gasteiger partial charge in [0.05, 0.1) is 64.6 Å². The molecule has 4 rings (SSSR count). The van der Waals surface area contributed by atoms with Crippen molar-refractivity contribution in [3.05, 3.63) is 95.8 Å². The molecule has 1 aliphatic rings. The Morgan fingerprint density at radius 1 is 0.760 bits per heavy atom. The number of nitrogens with zero attached hydrogens (tertiary/aromatic N) is 3. The van der Waals surface area contributed by atoms with Gasteiger partial charge in [-0.2, -0.15) is 24.9 Å². The summed E-state index contributed by atoms with van der Waals surface area (Å²) < 4.78 is 85.3. The van der Waals surface area contributed by atoms with Crippen LogP contribution >= 0.6 is 11.8 Å². The first kappa shape index (κ1) is 63.6. The van der Waals surface area contributed by atoms with Crippen LogP contribution in [0.15, 0.2) is 72.9 Å². The van der Waals surface area contributed by atoms with E-state index in [-0.39, 0.29) is 47.3 Å². The molecule has 0 saturated carbocycles. The predicted octanol–water partition coefficient (Wildman–Crippen LogP) is 6.29. The number of halogens is 5. The van der Waals surface area contributed by atoms with Gasteiger partial charge in [0.1, 0.15) is 11.6 Å². The number of amides is 5. The van der Waals surface area contributed by atoms with Crippen LogP contribution in [0.5, 0.6) is 0 Å². The lowest BCUT2D eigenvalue weighted by molar-refractivity contribution is -0.192. The zero-order chi connectivity index (χ0) is 55.2. The van der Waals surface area contributed by atoms with E-state index in [2.05, 4.69) is 31.4 Å². The van der Waals surface area contributed by atoms with E-state index in [4.69, 9.17) is 34.6 Å². The molecule has 1 aromatic heterocycles. The van der Waals surface area contributed by atoms with Crippen LogP contribution in [0.2, 0.25) is 0 Å². The number of imide groups is 1. The zero-order valence-corrected chi connectivity index (χ0v) is 43.6. The average Bonchev–Trinajstić information content (AvgIpc) is 3.91. The van der Waals surface area contributed by atoms with Gasteiger partial charge in [-0.25, -0.2) is 13.6 Å². The SMILES string of the molecule is CC(C)(C)[C@H](c1cc(-c2cc(F)ccc2F)cn1Cc1ccccc1)N(CCCN)C(=O)CSCCC(=O)NCCOCCOCCOCCOCCNC(=O)CCCCCN1C(=O)C=CC1=O.O=C(O)C(F)(F)F. The number of hydrogen-bond donors (Lipinski definition) is 4. The van der Waals surface area contributed by atoms with E-state index >= 15 is 4.39 Å². The fourth-order valence-corrected chi connectivity index (χ4v) is 8.34. The van der Waals surface area contributed by atoms with E-state index in [1.165, 1.54) is 34.9 Å². The first-order valence-corrected chi connectivity index (χ1v) is 25.8. The molecule has 0 bridgehead atoms. The number of nitrogens with one attached hydrogen (secondary N) is 2. The van der Waals surface area contributed by atoms with Crippen molar-refractivity contribution in [3.8, 4) is 11.1 Å². The summed E-state index contributed by atoms with van der Waals surface area (Å²) in [4.78, 5) is 73.7. The van der Waals surface area contributed by atoms with Crippen LogP contribution in [-0.2, 0) is 54.3 Å². The number of rotatable bonds is 34. The predicted molar refractivity (Wildman–Crippen MR) is 272 cm³/mol. The topological polar surface area (TPSA) is 221 Å². The molecular formula is C52H71F5N6O11S. The number of nitrogens with two attached hydrogens (primary N) is 1. The highest BCUT2D eigenvalue weighted by molar-refractivity contribution is 7.99. The Bertz CT molecular complexity index is 2260. The number of ether oxygens (including phenoxy) is 4. The molecule has 3 aromatic rings. The van der Waals surface area contributed by atoms with Gasteiger partial charge in [0.15, 0.2) is 0 Å². The highest BCUT2D eigenvalue weighted by Crippen LogP contribution is 2.41. The Hall–Kier alpha value is -5.72. The van der Waals surface area contributed by atoms with Gasteiger partial charge in [-0.15, -0.1) is 0 Å². The van der Waals surface area contributed by atoms with Gasteiger partial charge in [0.2, 0.25) is 17.7 Å². The van der Waals surface area contributed by atoms with Crippen molar-refractivity contribution in [2.75, 3.05) is 97.1 Å². The number of hydrogen-bond acceptors (Lipinski definition) is 12. The standard InChI is InChI=1S/C50H70F2N6O9S.C2HF3O2/c1-50(2,3)49(43-33-39(41-34-40(51)14-15-42(41)52)36-56(43)35-38-11-6-4-7-12-38)58(23-10-19-53)48(63)37-68-32-18-45(60)55-21-25-65-27-29-67-31-30-66-28-26-64-24-20-54-44(59)13-8-5-9-22-57-46(61)16-17-47(57)62;3-2(4,5)1(6)7/h4,6-7,11-12,14-17,33-34,36,49H,5,8-10,13,18-32,35,37,53H2,1-3H3,(H,54,59)(H,55,60);(H,6,7)/t49-;/m0./s1. The summed E-state index contributed by atoms with van der Waals surface area (Å²) in [5.41, 5.74) is 7.96. The first-order valence-electron chi connectivity index (χ1n) is 24.7. The lowest BCUT2D eigenvalue weighted by Crippen LogP contribution is -2.44. The molecule has 416 valence electrons. The summed E-state index contributed by atoms with van der Waals surface area (Å²) in [6.45, 7) is 11.5. The molecule has 0 aliphatic carbocycles. The molecule has 5 amide bonds. The number of unbranched alkanes of at least 4 members (excludes halogenated alkanes) is 2. The van der Waals surface area contributed by atoms with Crippen LogP contribution < -0.4 is 16.4 Å². The van der Waals surface area contributed by atoms with Gasteiger partial charge in [-0.1, -0.05) is 57.5 Å².